The van der Waals surface area contributed by atoms with E-state index in [0.29, 0.717) is 30.3 Å². The van der Waals surface area contributed by atoms with E-state index in [1.807, 2.05) is 42.3 Å². The average Bonchev–Trinajstić information content (AvgIpc) is 2.70. The minimum Gasteiger partial charge on any atom is -0.490 e. The summed E-state index contributed by atoms with van der Waals surface area (Å²) in [6, 6.07) is 21.0. The lowest BCUT2D eigenvalue weighted by Gasteiger charge is -2.28. The van der Waals surface area contributed by atoms with Crippen LogP contribution in [0.3, 0.4) is 0 Å². The van der Waals surface area contributed by atoms with Crippen LogP contribution in [0.1, 0.15) is 0 Å². The lowest BCUT2D eigenvalue weighted by Crippen LogP contribution is -2.29. The Morgan fingerprint density at radius 1 is 0.964 bits per heavy atom. The van der Waals surface area contributed by atoms with Crippen molar-refractivity contribution >= 4 is 21.4 Å². The van der Waals surface area contributed by atoms with Crippen molar-refractivity contribution in [1.82, 2.24) is 0 Å². The van der Waals surface area contributed by atoms with E-state index in [2.05, 4.69) is 4.72 Å². The van der Waals surface area contributed by atoms with Crippen molar-refractivity contribution < 1.29 is 17.9 Å². The molecule has 0 saturated heterocycles. The van der Waals surface area contributed by atoms with E-state index in [0.717, 1.165) is 11.4 Å². The number of fused-ring (bicyclic) bond motifs is 1. The van der Waals surface area contributed by atoms with E-state index in [1.165, 1.54) is 0 Å². The van der Waals surface area contributed by atoms with Crippen LogP contribution in [0.5, 0.6) is 17.2 Å². The highest BCUT2D eigenvalue weighted by Crippen LogP contribution is 2.33. The van der Waals surface area contributed by atoms with Gasteiger partial charge in [-0.1, -0.05) is 18.2 Å². The van der Waals surface area contributed by atoms with Gasteiger partial charge in [-0.25, -0.2) is 8.42 Å². The molecule has 0 aromatic heterocycles. The Morgan fingerprint density at radius 2 is 1.68 bits per heavy atom. The van der Waals surface area contributed by atoms with Crippen LogP contribution in [0.2, 0.25) is 0 Å². The quantitative estimate of drug-likeness (QED) is 0.703. The van der Waals surface area contributed by atoms with Crippen molar-refractivity contribution in [3.05, 3.63) is 72.8 Å². The second-order valence-corrected chi connectivity index (χ2v) is 8.13. The summed E-state index contributed by atoms with van der Waals surface area (Å²) in [5, 5.41) is 0. The fourth-order valence-electron chi connectivity index (χ4n) is 2.93. The van der Waals surface area contributed by atoms with E-state index in [-0.39, 0.29) is 4.90 Å². The normalized spacial score (nSPS) is 13.4. The zero-order chi connectivity index (χ0) is 19.6. The Morgan fingerprint density at radius 3 is 2.43 bits per heavy atom. The first kappa shape index (κ1) is 18.2. The number of benzene rings is 3. The molecule has 0 unspecified atom stereocenters. The molecule has 0 spiro atoms. The molecule has 0 bridgehead atoms. The number of ether oxygens (including phenoxy) is 2. The van der Waals surface area contributed by atoms with Crippen LogP contribution >= 0.6 is 0 Å². The van der Waals surface area contributed by atoms with Crippen molar-refractivity contribution in [2.75, 3.05) is 29.8 Å². The van der Waals surface area contributed by atoms with Gasteiger partial charge in [0.15, 0.2) is 0 Å². The number of rotatable bonds is 5. The number of para-hydroxylation sites is 1. The first-order chi connectivity index (χ1) is 13.5. The molecule has 1 heterocycles. The third-order valence-electron chi connectivity index (χ3n) is 4.42. The molecular weight excluding hydrogens is 376 g/mol. The van der Waals surface area contributed by atoms with E-state index in [9.17, 15) is 8.42 Å². The van der Waals surface area contributed by atoms with E-state index in [4.69, 9.17) is 9.47 Å². The summed E-state index contributed by atoms with van der Waals surface area (Å²) in [6.07, 6.45) is 0. The average molecular weight is 396 g/mol. The smallest absolute Gasteiger partial charge is 0.261 e. The molecule has 1 N–H and O–H groups in total. The Kier molecular flexibility index (Phi) is 4.83. The van der Waals surface area contributed by atoms with Gasteiger partial charge < -0.3 is 14.4 Å². The van der Waals surface area contributed by atoms with Crippen LogP contribution in [0.4, 0.5) is 11.4 Å². The van der Waals surface area contributed by atoms with E-state index >= 15 is 0 Å². The highest BCUT2D eigenvalue weighted by atomic mass is 32.2. The number of nitrogens with zero attached hydrogens (tertiary/aromatic N) is 1. The Balaban J connectivity index is 1.51. The van der Waals surface area contributed by atoms with Gasteiger partial charge >= 0.3 is 0 Å². The van der Waals surface area contributed by atoms with Crippen LogP contribution in [0.25, 0.3) is 0 Å². The standard InChI is InChI=1S/C21H20N2O4S/c1-23-13-14-26-21-12-11-19(15-20(21)23)28(24,25)22-16-7-9-18(10-8-16)27-17-5-3-2-4-6-17/h2-12,15,22H,13-14H2,1H3. The van der Waals surface area contributed by atoms with Gasteiger partial charge in [0.05, 0.1) is 17.1 Å². The molecule has 3 aromatic carbocycles. The molecule has 7 heteroatoms. The third-order valence-corrected chi connectivity index (χ3v) is 5.80. The van der Waals surface area contributed by atoms with Crippen molar-refractivity contribution in [2.45, 2.75) is 4.90 Å². The predicted octanol–water partition coefficient (Wildman–Crippen LogP) is 4.11. The first-order valence-electron chi connectivity index (χ1n) is 8.85. The van der Waals surface area contributed by atoms with Crippen LogP contribution in [0.15, 0.2) is 77.7 Å². The minimum absolute atomic E-state index is 0.188. The Labute approximate surface area is 164 Å². The molecule has 28 heavy (non-hydrogen) atoms. The first-order valence-corrected chi connectivity index (χ1v) is 10.3. The van der Waals surface area contributed by atoms with Gasteiger partial charge in [0.1, 0.15) is 23.9 Å². The molecule has 0 fully saturated rings. The van der Waals surface area contributed by atoms with Crippen LogP contribution in [-0.4, -0.2) is 28.6 Å². The highest BCUT2D eigenvalue weighted by molar-refractivity contribution is 7.92. The minimum atomic E-state index is -3.72. The zero-order valence-electron chi connectivity index (χ0n) is 15.3. The summed E-state index contributed by atoms with van der Waals surface area (Å²) in [5.74, 6) is 2.04. The maximum atomic E-state index is 12.8. The number of hydrogen-bond acceptors (Lipinski definition) is 5. The number of sulfonamides is 1. The van der Waals surface area contributed by atoms with Crippen LogP contribution < -0.4 is 19.1 Å². The van der Waals surface area contributed by atoms with Crippen molar-refractivity contribution in [3.63, 3.8) is 0 Å². The van der Waals surface area contributed by atoms with Gasteiger partial charge in [-0.15, -0.1) is 0 Å². The van der Waals surface area contributed by atoms with Crippen molar-refractivity contribution in [3.8, 4) is 17.2 Å². The third kappa shape index (κ3) is 3.89. The molecule has 0 atom stereocenters. The van der Waals surface area contributed by atoms with Crippen molar-refractivity contribution in [2.24, 2.45) is 0 Å². The molecule has 1 aliphatic heterocycles. The maximum Gasteiger partial charge on any atom is 0.261 e. The van der Waals surface area contributed by atoms with Gasteiger partial charge in [0, 0.05) is 12.7 Å². The summed E-state index contributed by atoms with van der Waals surface area (Å²) in [4.78, 5) is 2.17. The van der Waals surface area contributed by atoms with Gasteiger partial charge in [0.2, 0.25) is 0 Å². The van der Waals surface area contributed by atoms with Crippen molar-refractivity contribution in [1.29, 1.82) is 0 Å². The molecule has 6 nitrogen and oxygen atoms in total. The van der Waals surface area contributed by atoms with Gasteiger partial charge in [0.25, 0.3) is 10.0 Å². The van der Waals surface area contributed by atoms with Gasteiger partial charge in [-0.05, 0) is 54.6 Å². The molecule has 4 rings (SSSR count). The maximum absolute atomic E-state index is 12.8. The van der Waals surface area contributed by atoms with Crippen LogP contribution in [0, 0.1) is 0 Å². The number of nitrogens with one attached hydrogen (secondary N) is 1. The Bertz CT molecular complexity index is 1070. The fourth-order valence-corrected chi connectivity index (χ4v) is 4.01. The van der Waals surface area contributed by atoms with E-state index in [1.54, 1.807) is 42.5 Å². The van der Waals surface area contributed by atoms with Gasteiger partial charge in [-0.3, -0.25) is 4.72 Å². The number of likely N-dealkylation sites (N-methyl/N-ethyl adjacent to an activating group) is 1. The summed E-state index contributed by atoms with van der Waals surface area (Å²) in [6.45, 7) is 1.30. The molecule has 3 aromatic rings. The number of hydrogen-bond donors (Lipinski definition) is 1. The number of anilines is 2. The molecular formula is C21H20N2O4S. The fraction of sp³-hybridized carbons (Fsp3) is 0.143. The summed E-state index contributed by atoms with van der Waals surface area (Å²) in [7, 11) is -1.80. The second kappa shape index (κ2) is 7.44. The van der Waals surface area contributed by atoms with Crippen LogP contribution in [-0.2, 0) is 10.0 Å². The monoisotopic (exact) mass is 396 g/mol. The lowest BCUT2D eigenvalue weighted by atomic mass is 10.2. The molecule has 1 aliphatic rings. The van der Waals surface area contributed by atoms with E-state index < -0.39 is 10.0 Å². The predicted molar refractivity (Wildman–Crippen MR) is 109 cm³/mol. The highest BCUT2D eigenvalue weighted by Gasteiger charge is 2.20. The lowest BCUT2D eigenvalue weighted by molar-refractivity contribution is 0.311. The topological polar surface area (TPSA) is 67.9 Å². The largest absolute Gasteiger partial charge is 0.490 e. The molecule has 144 valence electrons. The zero-order valence-corrected chi connectivity index (χ0v) is 16.1. The summed E-state index contributed by atoms with van der Waals surface area (Å²) in [5.41, 5.74) is 1.23. The molecule has 0 amide bonds. The summed E-state index contributed by atoms with van der Waals surface area (Å²) >= 11 is 0. The van der Waals surface area contributed by atoms with Gasteiger partial charge in [-0.2, -0.15) is 0 Å². The Hall–Kier alpha value is -3.19. The molecule has 0 saturated carbocycles. The molecule has 0 radical (unpaired) electrons. The summed E-state index contributed by atoms with van der Waals surface area (Å²) < 4.78 is 39.4. The molecule has 0 aliphatic carbocycles. The second-order valence-electron chi connectivity index (χ2n) is 6.44. The SMILES string of the molecule is CN1CCOc2ccc(S(=O)(=O)Nc3ccc(Oc4ccccc4)cc3)cc21.